The predicted octanol–water partition coefficient (Wildman–Crippen LogP) is 3.87. The maximum atomic E-state index is 12.3. The van der Waals surface area contributed by atoms with Crippen LogP contribution in [0.25, 0.3) is 0 Å². The van der Waals surface area contributed by atoms with Gasteiger partial charge in [-0.3, -0.25) is 14.4 Å². The molecule has 0 fully saturated rings. The number of benzene rings is 2. The maximum absolute atomic E-state index is 12.3. The zero-order valence-electron chi connectivity index (χ0n) is 17.1. The van der Waals surface area contributed by atoms with Crippen molar-refractivity contribution in [2.45, 2.75) is 27.2 Å². The quantitative estimate of drug-likeness (QED) is 0.691. The van der Waals surface area contributed by atoms with Gasteiger partial charge in [-0.05, 0) is 53.9 Å². The summed E-state index contributed by atoms with van der Waals surface area (Å²) >= 11 is 0. The monoisotopic (exact) mass is 398 g/mol. The van der Waals surface area contributed by atoms with Crippen LogP contribution in [0, 0.1) is 5.41 Å². The van der Waals surface area contributed by atoms with E-state index in [0.29, 0.717) is 22.7 Å². The van der Waals surface area contributed by atoms with Gasteiger partial charge < -0.3 is 20.1 Å². The van der Waals surface area contributed by atoms with Gasteiger partial charge in [-0.1, -0.05) is 20.8 Å². The number of hydrogen-bond donors (Lipinski definition) is 2. The molecule has 0 heterocycles. The second kappa shape index (κ2) is 9.73. The topological polar surface area (TPSA) is 93.7 Å². The second-order valence-electron chi connectivity index (χ2n) is 7.71. The zero-order valence-corrected chi connectivity index (χ0v) is 17.1. The van der Waals surface area contributed by atoms with E-state index >= 15 is 0 Å². The van der Waals surface area contributed by atoms with Crippen molar-refractivity contribution in [2.24, 2.45) is 5.41 Å². The van der Waals surface area contributed by atoms with Crippen molar-refractivity contribution in [3.63, 3.8) is 0 Å². The molecule has 0 spiro atoms. The summed E-state index contributed by atoms with van der Waals surface area (Å²) in [4.78, 5) is 35.9. The largest absolute Gasteiger partial charge is 0.497 e. The van der Waals surface area contributed by atoms with Gasteiger partial charge in [-0.2, -0.15) is 0 Å². The average molecular weight is 398 g/mol. The molecular formula is C22H26N2O5. The molecule has 154 valence electrons. The van der Waals surface area contributed by atoms with Crippen LogP contribution in [0.4, 0.5) is 11.4 Å². The fraction of sp³-hybridized carbons (Fsp3) is 0.318. The van der Waals surface area contributed by atoms with Crippen molar-refractivity contribution in [1.29, 1.82) is 0 Å². The third-order valence-electron chi connectivity index (χ3n) is 3.82. The number of hydrogen-bond acceptors (Lipinski definition) is 5. The van der Waals surface area contributed by atoms with E-state index in [1.807, 2.05) is 20.8 Å². The van der Waals surface area contributed by atoms with E-state index in [0.717, 1.165) is 0 Å². The van der Waals surface area contributed by atoms with Gasteiger partial charge in [-0.15, -0.1) is 0 Å². The molecule has 0 bridgehead atoms. The number of carbonyl (C=O) groups excluding carboxylic acids is 3. The maximum Gasteiger partial charge on any atom is 0.306 e. The first kappa shape index (κ1) is 21.9. The summed E-state index contributed by atoms with van der Waals surface area (Å²) in [7, 11) is 1.57. The van der Waals surface area contributed by atoms with Crippen molar-refractivity contribution in [1.82, 2.24) is 0 Å². The van der Waals surface area contributed by atoms with E-state index in [2.05, 4.69) is 10.6 Å². The van der Waals surface area contributed by atoms with Gasteiger partial charge in [0.15, 0.2) is 6.61 Å². The minimum Gasteiger partial charge on any atom is -0.497 e. The van der Waals surface area contributed by atoms with Crippen molar-refractivity contribution in [3.05, 3.63) is 54.1 Å². The number of amides is 2. The van der Waals surface area contributed by atoms with Gasteiger partial charge in [0, 0.05) is 16.9 Å². The van der Waals surface area contributed by atoms with Crippen LogP contribution in [0.15, 0.2) is 48.5 Å². The Morgan fingerprint density at radius 1 is 0.862 bits per heavy atom. The highest BCUT2D eigenvalue weighted by molar-refractivity contribution is 6.04. The van der Waals surface area contributed by atoms with Crippen LogP contribution in [-0.2, 0) is 14.3 Å². The predicted molar refractivity (Wildman–Crippen MR) is 111 cm³/mol. The number of anilines is 2. The highest BCUT2D eigenvalue weighted by atomic mass is 16.5. The molecule has 0 saturated carbocycles. The summed E-state index contributed by atoms with van der Waals surface area (Å²) in [6, 6.07) is 13.4. The molecule has 0 saturated heterocycles. The molecule has 29 heavy (non-hydrogen) atoms. The van der Waals surface area contributed by atoms with E-state index < -0.39 is 11.9 Å². The lowest BCUT2D eigenvalue weighted by Crippen LogP contribution is -2.23. The summed E-state index contributed by atoms with van der Waals surface area (Å²) in [5, 5.41) is 5.41. The van der Waals surface area contributed by atoms with E-state index in [1.54, 1.807) is 55.6 Å². The lowest BCUT2D eigenvalue weighted by atomic mass is 9.92. The van der Waals surface area contributed by atoms with Crippen molar-refractivity contribution >= 4 is 29.2 Å². The van der Waals surface area contributed by atoms with Crippen molar-refractivity contribution in [3.8, 4) is 5.75 Å². The van der Waals surface area contributed by atoms with Gasteiger partial charge in [0.25, 0.3) is 11.8 Å². The molecule has 0 atom stereocenters. The standard InChI is InChI=1S/C22H26N2O5/c1-22(2,3)13-20(26)29-14-19(25)23-16-7-5-15(6-8-16)21(27)24-17-9-11-18(28-4)12-10-17/h5-12H,13-14H2,1-4H3,(H,23,25)(H,24,27). The van der Waals surface area contributed by atoms with Crippen LogP contribution in [0.2, 0.25) is 0 Å². The Bertz CT molecular complexity index is 852. The highest BCUT2D eigenvalue weighted by Gasteiger charge is 2.18. The first-order valence-corrected chi connectivity index (χ1v) is 9.17. The van der Waals surface area contributed by atoms with E-state index in [-0.39, 0.29) is 24.3 Å². The van der Waals surface area contributed by atoms with Crippen LogP contribution in [0.1, 0.15) is 37.6 Å². The molecule has 7 nitrogen and oxygen atoms in total. The molecular weight excluding hydrogens is 372 g/mol. The number of nitrogens with one attached hydrogen (secondary N) is 2. The smallest absolute Gasteiger partial charge is 0.306 e. The Hall–Kier alpha value is -3.35. The van der Waals surface area contributed by atoms with Gasteiger partial charge in [0.05, 0.1) is 13.5 Å². The number of esters is 1. The lowest BCUT2D eigenvalue weighted by Gasteiger charge is -2.16. The Morgan fingerprint density at radius 2 is 1.41 bits per heavy atom. The normalized spacial score (nSPS) is 10.8. The van der Waals surface area contributed by atoms with Gasteiger partial charge in [0.1, 0.15) is 5.75 Å². The van der Waals surface area contributed by atoms with Crippen LogP contribution in [-0.4, -0.2) is 31.5 Å². The molecule has 0 unspecified atom stereocenters. The first-order chi connectivity index (χ1) is 13.7. The summed E-state index contributed by atoms with van der Waals surface area (Å²) in [6.45, 7) is 5.40. The molecule has 0 radical (unpaired) electrons. The van der Waals surface area contributed by atoms with Crippen molar-refractivity contribution in [2.75, 3.05) is 24.4 Å². The average Bonchev–Trinajstić information content (AvgIpc) is 2.66. The summed E-state index contributed by atoms with van der Waals surface area (Å²) in [6.07, 6.45) is 0.234. The van der Waals surface area contributed by atoms with Gasteiger partial charge in [-0.25, -0.2) is 0 Å². The molecule has 2 aromatic carbocycles. The Kier molecular flexibility index (Phi) is 7.36. The number of ether oxygens (including phenoxy) is 2. The summed E-state index contributed by atoms with van der Waals surface area (Å²) < 4.78 is 10.1. The summed E-state index contributed by atoms with van der Waals surface area (Å²) in [5.41, 5.74) is 1.39. The molecule has 2 aromatic rings. The Morgan fingerprint density at radius 3 is 1.97 bits per heavy atom. The first-order valence-electron chi connectivity index (χ1n) is 9.17. The Labute approximate surface area is 170 Å². The van der Waals surface area contributed by atoms with Gasteiger partial charge >= 0.3 is 5.97 Å². The third-order valence-corrected chi connectivity index (χ3v) is 3.82. The third kappa shape index (κ3) is 7.65. The molecule has 0 aliphatic carbocycles. The minimum absolute atomic E-state index is 0.199. The SMILES string of the molecule is COc1ccc(NC(=O)c2ccc(NC(=O)COC(=O)CC(C)(C)C)cc2)cc1. The molecule has 0 aromatic heterocycles. The zero-order chi connectivity index (χ0) is 21.4. The molecule has 2 N–H and O–H groups in total. The number of rotatable bonds is 7. The van der Waals surface area contributed by atoms with E-state index in [1.165, 1.54) is 0 Å². The van der Waals surface area contributed by atoms with Crippen LogP contribution in [0.3, 0.4) is 0 Å². The lowest BCUT2D eigenvalue weighted by molar-refractivity contribution is -0.149. The number of methoxy groups -OCH3 is 1. The summed E-state index contributed by atoms with van der Waals surface area (Å²) in [5.74, 6) is -0.433. The van der Waals surface area contributed by atoms with Crippen LogP contribution < -0.4 is 15.4 Å². The van der Waals surface area contributed by atoms with E-state index in [4.69, 9.17) is 9.47 Å². The van der Waals surface area contributed by atoms with Crippen molar-refractivity contribution < 1.29 is 23.9 Å². The van der Waals surface area contributed by atoms with Crippen LogP contribution >= 0.6 is 0 Å². The Balaban J connectivity index is 1.84. The fourth-order valence-electron chi connectivity index (χ4n) is 2.41. The van der Waals surface area contributed by atoms with E-state index in [9.17, 15) is 14.4 Å². The molecule has 0 aliphatic heterocycles. The number of carbonyl (C=O) groups is 3. The highest BCUT2D eigenvalue weighted by Crippen LogP contribution is 2.19. The molecule has 2 rings (SSSR count). The molecule has 0 aliphatic rings. The van der Waals surface area contributed by atoms with Gasteiger partial charge in [0.2, 0.25) is 0 Å². The molecule has 7 heteroatoms. The second-order valence-corrected chi connectivity index (χ2v) is 7.71. The van der Waals surface area contributed by atoms with Crippen LogP contribution in [0.5, 0.6) is 5.75 Å². The molecule has 2 amide bonds. The fourth-order valence-corrected chi connectivity index (χ4v) is 2.41. The minimum atomic E-state index is -0.442.